The first-order chi connectivity index (χ1) is 8.52. The van der Waals surface area contributed by atoms with Crippen LogP contribution in [0.5, 0.6) is 0 Å². The molecule has 3 N–H and O–H groups in total. The van der Waals surface area contributed by atoms with Crippen molar-refractivity contribution in [3.63, 3.8) is 0 Å². The number of hydrogen-bond acceptors (Lipinski definition) is 4. The summed E-state index contributed by atoms with van der Waals surface area (Å²) < 4.78 is 5.30. The average molecular weight is 250 g/mol. The lowest BCUT2D eigenvalue weighted by molar-refractivity contribution is -0.0572. The lowest BCUT2D eigenvalue weighted by Gasteiger charge is -2.37. The monoisotopic (exact) mass is 250 g/mol. The molecule has 0 aliphatic carbocycles. The second-order valence-electron chi connectivity index (χ2n) is 5.21. The SMILES string of the molecule is Cc1cccc(N)c1N(C)CC1(O)CCOCC1. The van der Waals surface area contributed by atoms with Gasteiger partial charge in [-0.25, -0.2) is 0 Å². The maximum Gasteiger partial charge on any atom is 0.0865 e. The molecule has 0 spiro atoms. The molecule has 100 valence electrons. The molecule has 1 saturated heterocycles. The highest BCUT2D eigenvalue weighted by Gasteiger charge is 2.31. The van der Waals surface area contributed by atoms with E-state index in [2.05, 4.69) is 4.90 Å². The molecule has 1 aliphatic heterocycles. The number of rotatable bonds is 3. The first-order valence-electron chi connectivity index (χ1n) is 6.38. The molecule has 0 unspecified atom stereocenters. The minimum absolute atomic E-state index is 0.589. The molecular formula is C14H22N2O2. The van der Waals surface area contributed by atoms with Crippen LogP contribution >= 0.6 is 0 Å². The fraction of sp³-hybridized carbons (Fsp3) is 0.571. The van der Waals surface area contributed by atoms with E-state index in [4.69, 9.17) is 10.5 Å². The second-order valence-corrected chi connectivity index (χ2v) is 5.21. The van der Waals surface area contributed by atoms with E-state index < -0.39 is 5.60 Å². The number of hydrogen-bond donors (Lipinski definition) is 2. The van der Waals surface area contributed by atoms with E-state index in [0.717, 1.165) is 16.9 Å². The molecule has 2 rings (SSSR count). The summed E-state index contributed by atoms with van der Waals surface area (Å²) in [6, 6.07) is 5.88. The lowest BCUT2D eigenvalue weighted by atomic mass is 9.93. The van der Waals surface area contributed by atoms with Gasteiger partial charge in [-0.3, -0.25) is 0 Å². The van der Waals surface area contributed by atoms with Gasteiger partial charge in [-0.05, 0) is 18.6 Å². The van der Waals surface area contributed by atoms with Crippen molar-refractivity contribution in [2.45, 2.75) is 25.4 Å². The summed E-state index contributed by atoms with van der Waals surface area (Å²) in [6.45, 7) is 3.89. The Kier molecular flexibility index (Phi) is 3.78. The zero-order valence-corrected chi connectivity index (χ0v) is 11.1. The predicted octanol–water partition coefficient (Wildman–Crippen LogP) is 1.55. The third-order valence-electron chi connectivity index (χ3n) is 3.61. The minimum Gasteiger partial charge on any atom is -0.397 e. The van der Waals surface area contributed by atoms with Crippen LogP contribution in [0.25, 0.3) is 0 Å². The molecule has 1 aliphatic rings. The van der Waals surface area contributed by atoms with Crippen LogP contribution in [0.4, 0.5) is 11.4 Å². The topological polar surface area (TPSA) is 58.7 Å². The van der Waals surface area contributed by atoms with Gasteiger partial charge in [0.1, 0.15) is 0 Å². The maximum atomic E-state index is 10.5. The highest BCUT2D eigenvalue weighted by Crippen LogP contribution is 2.29. The number of nitrogens with two attached hydrogens (primary N) is 1. The average Bonchev–Trinajstić information content (AvgIpc) is 2.28. The van der Waals surface area contributed by atoms with Crippen molar-refractivity contribution < 1.29 is 9.84 Å². The Hall–Kier alpha value is -1.26. The maximum absolute atomic E-state index is 10.5. The summed E-state index contributed by atoms with van der Waals surface area (Å²) in [4.78, 5) is 2.05. The largest absolute Gasteiger partial charge is 0.397 e. The number of nitrogens with zero attached hydrogens (tertiary/aromatic N) is 1. The highest BCUT2D eigenvalue weighted by molar-refractivity contribution is 5.71. The lowest BCUT2D eigenvalue weighted by Crippen LogP contribution is -2.46. The summed E-state index contributed by atoms with van der Waals surface area (Å²) in [6.07, 6.45) is 1.37. The number of para-hydroxylation sites is 1. The molecule has 0 bridgehead atoms. The number of benzene rings is 1. The van der Waals surface area contributed by atoms with E-state index in [1.807, 2.05) is 32.2 Å². The molecule has 18 heavy (non-hydrogen) atoms. The van der Waals surface area contributed by atoms with E-state index in [1.165, 1.54) is 0 Å². The Morgan fingerprint density at radius 1 is 1.39 bits per heavy atom. The molecule has 0 aromatic heterocycles. The van der Waals surface area contributed by atoms with Crippen molar-refractivity contribution in [2.75, 3.05) is 37.4 Å². The molecule has 1 fully saturated rings. The second kappa shape index (κ2) is 5.16. The molecule has 0 amide bonds. The van der Waals surface area contributed by atoms with E-state index in [-0.39, 0.29) is 0 Å². The van der Waals surface area contributed by atoms with Crippen LogP contribution in [0.1, 0.15) is 18.4 Å². The number of aliphatic hydroxyl groups is 1. The zero-order chi connectivity index (χ0) is 13.2. The molecule has 1 aromatic rings. The van der Waals surface area contributed by atoms with Crippen LogP contribution in [0.3, 0.4) is 0 Å². The molecule has 1 aromatic carbocycles. The first kappa shape index (κ1) is 13.2. The van der Waals surface area contributed by atoms with Gasteiger partial charge < -0.3 is 20.5 Å². The van der Waals surface area contributed by atoms with E-state index in [0.29, 0.717) is 32.6 Å². The minimum atomic E-state index is -0.665. The van der Waals surface area contributed by atoms with Gasteiger partial charge in [-0.1, -0.05) is 12.1 Å². The summed E-state index contributed by atoms with van der Waals surface area (Å²) in [5.41, 5.74) is 8.26. The van der Waals surface area contributed by atoms with Gasteiger partial charge in [-0.2, -0.15) is 0 Å². The van der Waals surface area contributed by atoms with Crippen molar-refractivity contribution in [2.24, 2.45) is 0 Å². The van der Waals surface area contributed by atoms with Crippen LogP contribution in [0.2, 0.25) is 0 Å². The summed E-state index contributed by atoms with van der Waals surface area (Å²) in [5, 5.41) is 10.5. The number of ether oxygens (including phenoxy) is 1. The molecular weight excluding hydrogens is 228 g/mol. The number of nitrogen functional groups attached to an aromatic ring is 1. The van der Waals surface area contributed by atoms with E-state index in [1.54, 1.807) is 0 Å². The summed E-state index contributed by atoms with van der Waals surface area (Å²) in [5.74, 6) is 0. The van der Waals surface area contributed by atoms with Crippen LogP contribution in [0, 0.1) is 6.92 Å². The third kappa shape index (κ3) is 2.76. The third-order valence-corrected chi connectivity index (χ3v) is 3.61. The Balaban J connectivity index is 2.14. The van der Waals surface area contributed by atoms with Crippen LogP contribution in [0.15, 0.2) is 18.2 Å². The van der Waals surface area contributed by atoms with Gasteiger partial charge in [0.25, 0.3) is 0 Å². The number of aryl methyl sites for hydroxylation is 1. The highest BCUT2D eigenvalue weighted by atomic mass is 16.5. The quantitative estimate of drug-likeness (QED) is 0.799. The Morgan fingerprint density at radius 3 is 2.67 bits per heavy atom. The van der Waals surface area contributed by atoms with Crippen LogP contribution in [-0.2, 0) is 4.74 Å². The molecule has 0 radical (unpaired) electrons. The van der Waals surface area contributed by atoms with E-state index in [9.17, 15) is 5.11 Å². The van der Waals surface area contributed by atoms with Crippen LogP contribution < -0.4 is 10.6 Å². The normalized spacial score (nSPS) is 18.6. The van der Waals surface area contributed by atoms with Crippen molar-refractivity contribution in [1.82, 2.24) is 0 Å². The number of likely N-dealkylation sites (N-methyl/N-ethyl adjacent to an activating group) is 1. The van der Waals surface area contributed by atoms with Crippen molar-refractivity contribution in [3.8, 4) is 0 Å². The van der Waals surface area contributed by atoms with E-state index >= 15 is 0 Å². The van der Waals surface area contributed by atoms with Gasteiger partial charge in [0.05, 0.1) is 17.0 Å². The van der Waals surface area contributed by atoms with Gasteiger partial charge in [0, 0.05) is 39.6 Å². The molecule has 1 heterocycles. The molecule has 4 nitrogen and oxygen atoms in total. The van der Waals surface area contributed by atoms with Gasteiger partial charge in [-0.15, -0.1) is 0 Å². The Labute approximate surface area is 108 Å². The van der Waals surface area contributed by atoms with Gasteiger partial charge in [0.15, 0.2) is 0 Å². The van der Waals surface area contributed by atoms with Gasteiger partial charge >= 0.3 is 0 Å². The molecule has 4 heteroatoms. The Morgan fingerprint density at radius 2 is 2.06 bits per heavy atom. The zero-order valence-electron chi connectivity index (χ0n) is 11.1. The summed E-state index contributed by atoms with van der Waals surface area (Å²) >= 11 is 0. The summed E-state index contributed by atoms with van der Waals surface area (Å²) in [7, 11) is 1.98. The fourth-order valence-electron chi connectivity index (χ4n) is 2.63. The predicted molar refractivity (Wildman–Crippen MR) is 73.9 cm³/mol. The molecule has 0 atom stereocenters. The fourth-order valence-corrected chi connectivity index (χ4v) is 2.63. The van der Waals surface area contributed by atoms with Crippen molar-refractivity contribution >= 4 is 11.4 Å². The van der Waals surface area contributed by atoms with Crippen LogP contribution in [-0.4, -0.2) is 37.5 Å². The van der Waals surface area contributed by atoms with Crippen molar-refractivity contribution in [3.05, 3.63) is 23.8 Å². The first-order valence-corrected chi connectivity index (χ1v) is 6.38. The molecule has 0 saturated carbocycles. The number of anilines is 2. The Bertz CT molecular complexity index is 394. The van der Waals surface area contributed by atoms with Gasteiger partial charge in [0.2, 0.25) is 0 Å². The smallest absolute Gasteiger partial charge is 0.0865 e. The standard InChI is InChI=1S/C14H22N2O2/c1-11-4-3-5-12(15)13(11)16(2)10-14(17)6-8-18-9-7-14/h3-5,17H,6-10,15H2,1-2H3. The van der Waals surface area contributed by atoms with Crippen molar-refractivity contribution in [1.29, 1.82) is 0 Å².